The normalized spacial score (nSPS) is 11.6. The molecule has 0 atom stereocenters. The van der Waals surface area contributed by atoms with Crippen molar-refractivity contribution >= 4 is 33.9 Å². The van der Waals surface area contributed by atoms with E-state index < -0.39 is 0 Å². The average Bonchev–Trinajstić information content (AvgIpc) is 2.55. The third-order valence-electron chi connectivity index (χ3n) is 3.27. The summed E-state index contributed by atoms with van der Waals surface area (Å²) in [6.07, 6.45) is 0. The van der Waals surface area contributed by atoms with E-state index in [0.717, 1.165) is 10.8 Å². The van der Waals surface area contributed by atoms with Crippen LogP contribution >= 0.6 is 11.6 Å². The molecule has 1 heterocycles. The number of nitrogens with one attached hydrogen (secondary N) is 1. The van der Waals surface area contributed by atoms with E-state index in [9.17, 15) is 5.11 Å². The van der Waals surface area contributed by atoms with Gasteiger partial charge in [-0.15, -0.1) is 10.2 Å². The highest BCUT2D eigenvalue weighted by Gasteiger charge is 2.07. The molecular formula is C16H13ClN4O. The fraction of sp³-hybridized carbons (Fsp3) is 0.0625. The van der Waals surface area contributed by atoms with Gasteiger partial charge in [-0.1, -0.05) is 48.0 Å². The lowest BCUT2D eigenvalue weighted by atomic mass is 10.1. The molecule has 0 spiro atoms. The van der Waals surface area contributed by atoms with Gasteiger partial charge >= 0.3 is 0 Å². The molecule has 2 N–H and O–H groups in total. The van der Waals surface area contributed by atoms with E-state index in [1.54, 1.807) is 25.1 Å². The summed E-state index contributed by atoms with van der Waals surface area (Å²) in [5.74, 6) is 0.687. The van der Waals surface area contributed by atoms with Gasteiger partial charge in [0.2, 0.25) is 0 Å². The number of halogens is 1. The van der Waals surface area contributed by atoms with Crippen LogP contribution in [0.3, 0.4) is 0 Å². The molecule has 0 amide bonds. The van der Waals surface area contributed by atoms with Crippen LogP contribution in [0.1, 0.15) is 12.5 Å². The summed E-state index contributed by atoms with van der Waals surface area (Å²) in [6, 6.07) is 14.6. The van der Waals surface area contributed by atoms with Crippen molar-refractivity contribution < 1.29 is 5.11 Å². The molecule has 3 rings (SSSR count). The standard InChI is InChI=1S/C16H13ClN4O/c1-10(11-6-4-5-9-14(11)22)18-20-16-13-8-3-2-7-12(13)15(17)19-21-16/h2-9,22H,1H3,(H,20,21)/b18-10+. The van der Waals surface area contributed by atoms with Gasteiger partial charge in [0.1, 0.15) is 5.75 Å². The molecule has 0 aliphatic heterocycles. The predicted molar refractivity (Wildman–Crippen MR) is 88.5 cm³/mol. The maximum atomic E-state index is 9.83. The van der Waals surface area contributed by atoms with E-state index >= 15 is 0 Å². The minimum atomic E-state index is 0.178. The van der Waals surface area contributed by atoms with E-state index in [1.807, 2.05) is 30.3 Å². The van der Waals surface area contributed by atoms with Crippen LogP contribution in [0.25, 0.3) is 10.8 Å². The number of hydrogen-bond donors (Lipinski definition) is 2. The molecule has 1 aromatic heterocycles. The van der Waals surface area contributed by atoms with E-state index in [4.69, 9.17) is 11.6 Å². The molecule has 6 heteroatoms. The third-order valence-corrected chi connectivity index (χ3v) is 3.54. The highest BCUT2D eigenvalue weighted by atomic mass is 35.5. The summed E-state index contributed by atoms with van der Waals surface area (Å²) in [5, 5.41) is 24.0. The Balaban J connectivity index is 1.96. The summed E-state index contributed by atoms with van der Waals surface area (Å²) < 4.78 is 0. The lowest BCUT2D eigenvalue weighted by Gasteiger charge is -2.07. The zero-order valence-electron chi connectivity index (χ0n) is 11.8. The van der Waals surface area contributed by atoms with Gasteiger partial charge in [0.25, 0.3) is 0 Å². The fourth-order valence-corrected chi connectivity index (χ4v) is 2.33. The Kier molecular flexibility index (Phi) is 3.89. The number of rotatable bonds is 3. The molecule has 0 saturated carbocycles. The molecule has 0 bridgehead atoms. The molecular weight excluding hydrogens is 300 g/mol. The smallest absolute Gasteiger partial charge is 0.176 e. The first-order valence-corrected chi connectivity index (χ1v) is 7.04. The number of phenols is 1. The predicted octanol–water partition coefficient (Wildman–Crippen LogP) is 3.82. The van der Waals surface area contributed by atoms with Crippen LogP contribution < -0.4 is 5.43 Å². The first-order chi connectivity index (χ1) is 10.7. The number of fused-ring (bicyclic) bond motifs is 1. The summed E-state index contributed by atoms with van der Waals surface area (Å²) in [6.45, 7) is 1.80. The van der Waals surface area contributed by atoms with Crippen molar-refractivity contribution in [2.75, 3.05) is 5.43 Å². The van der Waals surface area contributed by atoms with E-state index in [2.05, 4.69) is 20.7 Å². The van der Waals surface area contributed by atoms with Crippen LogP contribution in [-0.4, -0.2) is 21.0 Å². The van der Waals surface area contributed by atoms with Gasteiger partial charge in [0.15, 0.2) is 11.0 Å². The van der Waals surface area contributed by atoms with Gasteiger partial charge in [-0.3, -0.25) is 5.43 Å². The van der Waals surface area contributed by atoms with Crippen molar-refractivity contribution in [2.45, 2.75) is 6.92 Å². The van der Waals surface area contributed by atoms with Crippen LogP contribution in [0.15, 0.2) is 53.6 Å². The maximum absolute atomic E-state index is 9.83. The van der Waals surface area contributed by atoms with Crippen LogP contribution in [-0.2, 0) is 0 Å². The van der Waals surface area contributed by atoms with E-state index in [1.165, 1.54) is 0 Å². The molecule has 110 valence electrons. The first kappa shape index (κ1) is 14.3. The van der Waals surface area contributed by atoms with E-state index in [0.29, 0.717) is 22.2 Å². The molecule has 0 aliphatic rings. The van der Waals surface area contributed by atoms with Crippen molar-refractivity contribution in [1.29, 1.82) is 0 Å². The van der Waals surface area contributed by atoms with Crippen molar-refractivity contribution in [3.05, 3.63) is 59.2 Å². The third kappa shape index (κ3) is 2.71. The highest BCUT2D eigenvalue weighted by molar-refractivity contribution is 6.34. The molecule has 2 aromatic carbocycles. The minimum absolute atomic E-state index is 0.178. The Labute approximate surface area is 132 Å². The number of hydrogen-bond acceptors (Lipinski definition) is 5. The minimum Gasteiger partial charge on any atom is -0.507 e. The SMILES string of the molecule is C/C(=N\Nc1nnc(Cl)c2ccccc12)c1ccccc1O. The number of benzene rings is 2. The molecule has 0 unspecified atom stereocenters. The van der Waals surface area contributed by atoms with Crippen molar-refractivity contribution in [3.8, 4) is 5.75 Å². The topological polar surface area (TPSA) is 70.4 Å². The molecule has 22 heavy (non-hydrogen) atoms. The van der Waals surface area contributed by atoms with Gasteiger partial charge in [0, 0.05) is 16.3 Å². The van der Waals surface area contributed by atoms with Gasteiger partial charge in [-0.25, -0.2) is 0 Å². The molecule has 0 radical (unpaired) electrons. The summed E-state index contributed by atoms with van der Waals surface area (Å²) >= 11 is 6.04. The number of hydrazone groups is 1. The number of phenolic OH excluding ortho intramolecular Hbond substituents is 1. The quantitative estimate of drug-likeness (QED) is 0.569. The Morgan fingerprint density at radius 2 is 1.73 bits per heavy atom. The monoisotopic (exact) mass is 312 g/mol. The fourth-order valence-electron chi connectivity index (χ4n) is 2.13. The Morgan fingerprint density at radius 3 is 2.50 bits per heavy atom. The first-order valence-electron chi connectivity index (χ1n) is 6.66. The highest BCUT2D eigenvalue weighted by Crippen LogP contribution is 2.25. The van der Waals surface area contributed by atoms with Gasteiger partial charge in [-0.2, -0.15) is 5.10 Å². The van der Waals surface area contributed by atoms with Crippen molar-refractivity contribution in [1.82, 2.24) is 10.2 Å². The van der Waals surface area contributed by atoms with Gasteiger partial charge < -0.3 is 5.11 Å². The molecule has 0 saturated heterocycles. The van der Waals surface area contributed by atoms with Gasteiger partial charge in [0.05, 0.1) is 5.71 Å². The molecule has 3 aromatic rings. The number of aromatic hydroxyl groups is 1. The summed E-state index contributed by atoms with van der Waals surface area (Å²) in [5.41, 5.74) is 4.18. The number of para-hydroxylation sites is 1. The van der Waals surface area contributed by atoms with Crippen LogP contribution in [0.4, 0.5) is 5.82 Å². The maximum Gasteiger partial charge on any atom is 0.176 e. The second-order valence-corrected chi connectivity index (χ2v) is 5.07. The Bertz CT molecular complexity index is 864. The lowest BCUT2D eigenvalue weighted by Crippen LogP contribution is -2.02. The Morgan fingerprint density at radius 1 is 1.05 bits per heavy atom. The summed E-state index contributed by atoms with van der Waals surface area (Å²) in [7, 11) is 0. The molecule has 5 nitrogen and oxygen atoms in total. The van der Waals surface area contributed by atoms with Crippen molar-refractivity contribution in [3.63, 3.8) is 0 Å². The number of anilines is 1. The van der Waals surface area contributed by atoms with Crippen LogP contribution in [0, 0.1) is 0 Å². The second-order valence-electron chi connectivity index (χ2n) is 4.71. The zero-order valence-corrected chi connectivity index (χ0v) is 12.5. The molecule has 0 fully saturated rings. The number of aromatic nitrogens is 2. The second kappa shape index (κ2) is 5.99. The van der Waals surface area contributed by atoms with Crippen LogP contribution in [0.5, 0.6) is 5.75 Å². The molecule has 0 aliphatic carbocycles. The van der Waals surface area contributed by atoms with E-state index in [-0.39, 0.29) is 5.75 Å². The van der Waals surface area contributed by atoms with Crippen molar-refractivity contribution in [2.24, 2.45) is 5.10 Å². The Hall–Kier alpha value is -2.66. The zero-order chi connectivity index (χ0) is 15.5. The van der Waals surface area contributed by atoms with Crippen LogP contribution in [0.2, 0.25) is 5.15 Å². The average molecular weight is 313 g/mol. The summed E-state index contributed by atoms with van der Waals surface area (Å²) in [4.78, 5) is 0. The number of nitrogens with zero attached hydrogens (tertiary/aromatic N) is 3. The van der Waals surface area contributed by atoms with Gasteiger partial charge in [-0.05, 0) is 19.1 Å². The lowest BCUT2D eigenvalue weighted by molar-refractivity contribution is 0.474. The largest absolute Gasteiger partial charge is 0.507 e.